The van der Waals surface area contributed by atoms with Crippen molar-refractivity contribution in [1.82, 2.24) is 10.3 Å². The van der Waals surface area contributed by atoms with E-state index in [9.17, 15) is 0 Å². The van der Waals surface area contributed by atoms with E-state index in [1.165, 1.54) is 33.4 Å². The molecule has 0 saturated heterocycles. The molecular weight excluding hydrogens is 268 g/mol. The normalized spacial score (nSPS) is 12.0. The van der Waals surface area contributed by atoms with Gasteiger partial charge in [0.15, 0.2) is 0 Å². The van der Waals surface area contributed by atoms with E-state index in [0.717, 1.165) is 18.7 Å². The Kier molecular flexibility index (Phi) is 3.24. The van der Waals surface area contributed by atoms with Gasteiger partial charge in [0.1, 0.15) is 0 Å². The summed E-state index contributed by atoms with van der Waals surface area (Å²) in [5.74, 6) is 0. The molecule has 3 aromatic rings. The highest BCUT2D eigenvalue weighted by Gasteiger charge is 2.23. The van der Waals surface area contributed by atoms with Crippen molar-refractivity contribution in [3.8, 4) is 22.4 Å². The second-order valence-electron chi connectivity index (χ2n) is 5.71. The van der Waals surface area contributed by atoms with E-state index in [4.69, 9.17) is 0 Å². The Morgan fingerprint density at radius 2 is 1.82 bits per heavy atom. The molecular formula is C20H18N2. The minimum atomic E-state index is 0.857. The minimum absolute atomic E-state index is 0.857. The zero-order valence-corrected chi connectivity index (χ0v) is 12.6. The molecule has 0 atom stereocenters. The molecule has 1 aliphatic carbocycles. The lowest BCUT2D eigenvalue weighted by molar-refractivity contribution is 0.818. The van der Waals surface area contributed by atoms with Gasteiger partial charge >= 0.3 is 0 Å². The number of benzene rings is 2. The smallest absolute Gasteiger partial charge is 0.0708 e. The van der Waals surface area contributed by atoms with Crippen molar-refractivity contribution < 1.29 is 0 Å². The maximum atomic E-state index is 4.60. The molecule has 108 valence electrons. The first-order chi connectivity index (χ1) is 10.9. The van der Waals surface area contributed by atoms with Crippen molar-refractivity contribution in [3.05, 3.63) is 77.5 Å². The summed E-state index contributed by atoms with van der Waals surface area (Å²) in [4.78, 5) is 4.60. The number of hydrogen-bond acceptors (Lipinski definition) is 2. The Bertz CT molecular complexity index is 822. The SMILES string of the molecule is CNCc1ccc2c(c1-c1ccccn1)Cc1ccccc1-2. The number of nitrogens with zero attached hydrogens (tertiary/aromatic N) is 1. The Morgan fingerprint density at radius 3 is 2.64 bits per heavy atom. The summed E-state index contributed by atoms with van der Waals surface area (Å²) < 4.78 is 0. The third kappa shape index (κ3) is 2.04. The van der Waals surface area contributed by atoms with E-state index < -0.39 is 0 Å². The van der Waals surface area contributed by atoms with Gasteiger partial charge < -0.3 is 5.32 Å². The average Bonchev–Trinajstić information content (AvgIpc) is 2.94. The lowest BCUT2D eigenvalue weighted by atomic mass is 9.93. The largest absolute Gasteiger partial charge is 0.316 e. The van der Waals surface area contributed by atoms with Crippen LogP contribution in [-0.2, 0) is 13.0 Å². The molecule has 0 unspecified atom stereocenters. The fraction of sp³-hybridized carbons (Fsp3) is 0.150. The second-order valence-corrected chi connectivity index (χ2v) is 5.71. The molecule has 2 aromatic carbocycles. The summed E-state index contributed by atoms with van der Waals surface area (Å²) in [6, 6.07) is 19.3. The van der Waals surface area contributed by atoms with Crippen LogP contribution in [0.4, 0.5) is 0 Å². The molecule has 22 heavy (non-hydrogen) atoms. The number of fused-ring (bicyclic) bond motifs is 3. The number of nitrogens with one attached hydrogen (secondary N) is 1. The van der Waals surface area contributed by atoms with Crippen LogP contribution in [0.2, 0.25) is 0 Å². The maximum Gasteiger partial charge on any atom is 0.0708 e. The van der Waals surface area contributed by atoms with Gasteiger partial charge in [0.25, 0.3) is 0 Å². The molecule has 4 rings (SSSR count). The molecule has 0 amide bonds. The molecule has 1 aromatic heterocycles. The zero-order chi connectivity index (χ0) is 14.9. The summed E-state index contributed by atoms with van der Waals surface area (Å²) in [5, 5.41) is 3.28. The molecule has 2 nitrogen and oxygen atoms in total. The second kappa shape index (κ2) is 5.39. The summed E-state index contributed by atoms with van der Waals surface area (Å²) in [6.07, 6.45) is 2.87. The molecule has 1 aliphatic rings. The first-order valence-electron chi connectivity index (χ1n) is 7.67. The van der Waals surface area contributed by atoms with Crippen LogP contribution >= 0.6 is 0 Å². The molecule has 2 heteroatoms. The molecule has 0 spiro atoms. The summed E-state index contributed by atoms with van der Waals surface area (Å²) in [7, 11) is 1.99. The van der Waals surface area contributed by atoms with Crippen LogP contribution < -0.4 is 5.32 Å². The van der Waals surface area contributed by atoms with Crippen LogP contribution in [0.3, 0.4) is 0 Å². The first-order valence-corrected chi connectivity index (χ1v) is 7.67. The van der Waals surface area contributed by atoms with E-state index in [1.807, 2.05) is 19.3 Å². The van der Waals surface area contributed by atoms with Crippen LogP contribution in [0, 0.1) is 0 Å². The number of rotatable bonds is 3. The van der Waals surface area contributed by atoms with Crippen molar-refractivity contribution in [3.63, 3.8) is 0 Å². The van der Waals surface area contributed by atoms with Crippen LogP contribution in [0.1, 0.15) is 16.7 Å². The van der Waals surface area contributed by atoms with Gasteiger partial charge in [-0.1, -0.05) is 42.5 Å². The molecule has 0 aliphatic heterocycles. The summed E-state index contributed by atoms with van der Waals surface area (Å²) >= 11 is 0. The standard InChI is InChI=1S/C20H18N2/c1-21-13-15-9-10-17-16-7-3-2-6-14(16)12-18(17)20(15)19-8-4-5-11-22-19/h2-11,21H,12-13H2,1H3. The Hall–Kier alpha value is -2.45. The van der Waals surface area contributed by atoms with E-state index in [0.29, 0.717) is 0 Å². The first kappa shape index (κ1) is 13.2. The Labute approximate surface area is 130 Å². The maximum absolute atomic E-state index is 4.60. The molecule has 1 N–H and O–H groups in total. The highest BCUT2D eigenvalue weighted by molar-refractivity contribution is 5.85. The lowest BCUT2D eigenvalue weighted by Crippen LogP contribution is -2.08. The molecule has 1 heterocycles. The summed E-state index contributed by atoms with van der Waals surface area (Å²) in [5.41, 5.74) is 9.22. The Balaban J connectivity index is 1.96. The van der Waals surface area contributed by atoms with Gasteiger partial charge in [-0.3, -0.25) is 4.98 Å². The van der Waals surface area contributed by atoms with Crippen molar-refractivity contribution in [1.29, 1.82) is 0 Å². The molecule has 0 bridgehead atoms. The van der Waals surface area contributed by atoms with E-state index in [-0.39, 0.29) is 0 Å². The van der Waals surface area contributed by atoms with Crippen LogP contribution in [-0.4, -0.2) is 12.0 Å². The fourth-order valence-corrected chi connectivity index (χ4v) is 3.43. The van der Waals surface area contributed by atoms with Gasteiger partial charge in [-0.25, -0.2) is 0 Å². The summed E-state index contributed by atoms with van der Waals surface area (Å²) in [6.45, 7) is 0.857. The van der Waals surface area contributed by atoms with Crippen LogP contribution in [0.5, 0.6) is 0 Å². The fourth-order valence-electron chi connectivity index (χ4n) is 3.43. The van der Waals surface area contributed by atoms with Gasteiger partial charge in [-0.05, 0) is 53.4 Å². The topological polar surface area (TPSA) is 24.9 Å². The van der Waals surface area contributed by atoms with Crippen molar-refractivity contribution in [2.75, 3.05) is 7.05 Å². The zero-order valence-electron chi connectivity index (χ0n) is 12.6. The molecule has 0 fully saturated rings. The van der Waals surface area contributed by atoms with Crippen LogP contribution in [0.15, 0.2) is 60.8 Å². The van der Waals surface area contributed by atoms with Gasteiger partial charge in [0.2, 0.25) is 0 Å². The quantitative estimate of drug-likeness (QED) is 0.615. The van der Waals surface area contributed by atoms with Crippen molar-refractivity contribution in [2.24, 2.45) is 0 Å². The number of pyridine rings is 1. The van der Waals surface area contributed by atoms with Crippen molar-refractivity contribution in [2.45, 2.75) is 13.0 Å². The highest BCUT2D eigenvalue weighted by Crippen LogP contribution is 2.42. The average molecular weight is 286 g/mol. The predicted molar refractivity (Wildman–Crippen MR) is 90.7 cm³/mol. The monoisotopic (exact) mass is 286 g/mol. The third-order valence-electron chi connectivity index (χ3n) is 4.36. The Morgan fingerprint density at radius 1 is 0.955 bits per heavy atom. The minimum Gasteiger partial charge on any atom is -0.316 e. The number of hydrogen-bond donors (Lipinski definition) is 1. The van der Waals surface area contributed by atoms with Gasteiger partial charge in [-0.2, -0.15) is 0 Å². The van der Waals surface area contributed by atoms with Gasteiger partial charge in [0.05, 0.1) is 5.69 Å². The van der Waals surface area contributed by atoms with Crippen molar-refractivity contribution >= 4 is 0 Å². The molecule has 0 saturated carbocycles. The van der Waals surface area contributed by atoms with Gasteiger partial charge in [0, 0.05) is 18.3 Å². The lowest BCUT2D eigenvalue weighted by Gasteiger charge is -2.14. The predicted octanol–water partition coefficient (Wildman–Crippen LogP) is 4.04. The highest BCUT2D eigenvalue weighted by atomic mass is 14.8. The van der Waals surface area contributed by atoms with E-state index >= 15 is 0 Å². The van der Waals surface area contributed by atoms with E-state index in [1.54, 1.807) is 0 Å². The van der Waals surface area contributed by atoms with E-state index in [2.05, 4.69) is 58.8 Å². The van der Waals surface area contributed by atoms with Gasteiger partial charge in [-0.15, -0.1) is 0 Å². The molecule has 0 radical (unpaired) electrons. The van der Waals surface area contributed by atoms with Crippen LogP contribution in [0.25, 0.3) is 22.4 Å². The third-order valence-corrected chi connectivity index (χ3v) is 4.36. The number of aromatic nitrogens is 1.